The van der Waals surface area contributed by atoms with Crippen LogP contribution in [0.1, 0.15) is 36.2 Å². The summed E-state index contributed by atoms with van der Waals surface area (Å²) < 4.78 is 11.4. The molecule has 1 unspecified atom stereocenters. The number of halogens is 2. The fourth-order valence-electron chi connectivity index (χ4n) is 3.77. The summed E-state index contributed by atoms with van der Waals surface area (Å²) in [6, 6.07) is 8.11. The van der Waals surface area contributed by atoms with E-state index in [9.17, 15) is 0 Å². The minimum absolute atomic E-state index is 0. The monoisotopic (exact) mass is 398 g/mol. The minimum atomic E-state index is -0.297. The van der Waals surface area contributed by atoms with Crippen LogP contribution in [-0.4, -0.2) is 54.9 Å². The van der Waals surface area contributed by atoms with E-state index in [2.05, 4.69) is 34.6 Å². The molecule has 0 aliphatic carbocycles. The van der Waals surface area contributed by atoms with Crippen molar-refractivity contribution in [2.75, 3.05) is 39.9 Å². The molecule has 2 aliphatic heterocycles. The maximum absolute atomic E-state index is 6.08. The Hall–Kier alpha value is -1.18. The molecule has 2 aromatic rings. The van der Waals surface area contributed by atoms with Crippen molar-refractivity contribution in [1.82, 2.24) is 20.4 Å². The van der Waals surface area contributed by atoms with Crippen LogP contribution in [0.3, 0.4) is 0 Å². The average Bonchev–Trinajstić information content (AvgIpc) is 3.14. The maximum Gasteiger partial charge on any atom is 0.237 e. The number of hydrogen-bond donors (Lipinski definition) is 1. The first-order valence-electron chi connectivity index (χ1n) is 8.78. The lowest BCUT2D eigenvalue weighted by Crippen LogP contribution is -2.44. The second-order valence-corrected chi connectivity index (χ2v) is 7.30. The van der Waals surface area contributed by atoms with Crippen LogP contribution in [0.25, 0.3) is 0 Å². The second kappa shape index (κ2) is 8.23. The molecule has 3 heterocycles. The van der Waals surface area contributed by atoms with Gasteiger partial charge in [-0.25, -0.2) is 0 Å². The molecule has 1 aromatic carbocycles. The zero-order chi connectivity index (χ0) is 17.3. The van der Waals surface area contributed by atoms with Crippen LogP contribution in [0.5, 0.6) is 0 Å². The van der Waals surface area contributed by atoms with Crippen LogP contribution in [0, 0.1) is 0 Å². The Morgan fingerprint density at radius 3 is 2.65 bits per heavy atom. The molecule has 1 atom stereocenters. The molecule has 6 nitrogen and oxygen atoms in total. The molecule has 2 fully saturated rings. The van der Waals surface area contributed by atoms with Gasteiger partial charge in [-0.05, 0) is 37.6 Å². The molecule has 0 amide bonds. The van der Waals surface area contributed by atoms with Crippen LogP contribution in [0.4, 0.5) is 0 Å². The van der Waals surface area contributed by atoms with Crippen molar-refractivity contribution in [2.24, 2.45) is 0 Å². The van der Waals surface area contributed by atoms with Gasteiger partial charge in [-0.15, -0.1) is 12.4 Å². The van der Waals surface area contributed by atoms with Crippen molar-refractivity contribution in [3.8, 4) is 0 Å². The summed E-state index contributed by atoms with van der Waals surface area (Å²) in [6.07, 6.45) is 1.66. The van der Waals surface area contributed by atoms with Crippen LogP contribution in [-0.2, 0) is 10.2 Å². The van der Waals surface area contributed by atoms with Crippen molar-refractivity contribution < 1.29 is 9.26 Å². The maximum atomic E-state index is 6.08. The van der Waals surface area contributed by atoms with Gasteiger partial charge in [0.05, 0.1) is 11.5 Å². The van der Waals surface area contributed by atoms with Crippen LogP contribution >= 0.6 is 24.0 Å². The highest BCUT2D eigenvalue weighted by Gasteiger charge is 2.42. The van der Waals surface area contributed by atoms with Crippen molar-refractivity contribution in [1.29, 1.82) is 0 Å². The lowest BCUT2D eigenvalue weighted by molar-refractivity contribution is 0.0523. The van der Waals surface area contributed by atoms with E-state index in [1.165, 1.54) is 0 Å². The number of piperazine rings is 1. The third-order valence-corrected chi connectivity index (χ3v) is 5.66. The van der Waals surface area contributed by atoms with Gasteiger partial charge >= 0.3 is 0 Å². The van der Waals surface area contributed by atoms with Crippen LogP contribution < -0.4 is 5.32 Å². The summed E-state index contributed by atoms with van der Waals surface area (Å²) >= 11 is 6.08. The number of aromatic nitrogens is 2. The van der Waals surface area contributed by atoms with Gasteiger partial charge in [0.2, 0.25) is 5.89 Å². The molecule has 1 N–H and O–H groups in total. The van der Waals surface area contributed by atoms with Gasteiger partial charge in [0.15, 0.2) is 5.82 Å². The zero-order valence-corrected chi connectivity index (χ0v) is 16.4. The Morgan fingerprint density at radius 1 is 1.23 bits per heavy atom. The van der Waals surface area contributed by atoms with E-state index in [0.717, 1.165) is 48.9 Å². The van der Waals surface area contributed by atoms with E-state index in [1.54, 1.807) is 0 Å². The Kier molecular flexibility index (Phi) is 6.20. The second-order valence-electron chi connectivity index (χ2n) is 6.86. The molecule has 26 heavy (non-hydrogen) atoms. The van der Waals surface area contributed by atoms with Crippen molar-refractivity contribution >= 4 is 24.0 Å². The highest BCUT2D eigenvalue weighted by atomic mass is 35.5. The summed E-state index contributed by atoms with van der Waals surface area (Å²) in [4.78, 5) is 7.10. The van der Waals surface area contributed by atoms with Gasteiger partial charge < -0.3 is 14.6 Å². The van der Waals surface area contributed by atoms with Crippen molar-refractivity contribution in [2.45, 2.75) is 24.3 Å². The first-order chi connectivity index (χ1) is 12.2. The fourth-order valence-corrected chi connectivity index (χ4v) is 3.90. The van der Waals surface area contributed by atoms with Crippen LogP contribution in [0.15, 0.2) is 28.8 Å². The number of rotatable bonds is 3. The Balaban J connectivity index is 0.00000196. The smallest absolute Gasteiger partial charge is 0.237 e. The average molecular weight is 399 g/mol. The molecule has 8 heteroatoms. The van der Waals surface area contributed by atoms with Gasteiger partial charge in [0.25, 0.3) is 0 Å². The van der Waals surface area contributed by atoms with E-state index in [0.29, 0.717) is 19.1 Å². The van der Waals surface area contributed by atoms with Gasteiger partial charge in [-0.3, -0.25) is 4.90 Å². The fraction of sp³-hybridized carbons (Fsp3) is 0.556. The van der Waals surface area contributed by atoms with E-state index >= 15 is 0 Å². The summed E-state index contributed by atoms with van der Waals surface area (Å²) in [5, 5.41) is 8.45. The predicted molar refractivity (Wildman–Crippen MR) is 102 cm³/mol. The summed E-state index contributed by atoms with van der Waals surface area (Å²) in [5.41, 5.74) is 0.861. The van der Waals surface area contributed by atoms with E-state index in [-0.39, 0.29) is 23.9 Å². The number of likely N-dealkylation sites (N-methyl/N-ethyl adjacent to an activating group) is 1. The highest BCUT2D eigenvalue weighted by Crippen LogP contribution is 2.41. The molecule has 0 spiro atoms. The van der Waals surface area contributed by atoms with Gasteiger partial charge in [0, 0.05) is 37.9 Å². The molecular weight excluding hydrogens is 375 g/mol. The van der Waals surface area contributed by atoms with Crippen LogP contribution in [0.2, 0.25) is 5.02 Å². The van der Waals surface area contributed by atoms with E-state index in [4.69, 9.17) is 25.8 Å². The first kappa shape index (κ1) is 19.6. The highest BCUT2D eigenvalue weighted by molar-refractivity contribution is 6.30. The Bertz CT molecular complexity index is 716. The number of nitrogens with one attached hydrogen (secondary N) is 1. The number of nitrogens with zero attached hydrogens (tertiary/aromatic N) is 3. The van der Waals surface area contributed by atoms with Crippen molar-refractivity contribution in [3.05, 3.63) is 46.6 Å². The van der Waals surface area contributed by atoms with Gasteiger partial charge in [-0.1, -0.05) is 28.9 Å². The van der Waals surface area contributed by atoms with E-state index in [1.807, 2.05) is 12.1 Å². The van der Waals surface area contributed by atoms with E-state index < -0.39 is 0 Å². The predicted octanol–water partition coefficient (Wildman–Crippen LogP) is 2.82. The lowest BCUT2D eigenvalue weighted by Gasteiger charge is -2.34. The third-order valence-electron chi connectivity index (χ3n) is 5.40. The standard InChI is InChI=1S/C18H23ClN4O2.ClH/c1-23-9-8-20-12-15(23)16-21-17(25-22-16)18(6-10-24-11-7-18)13-2-4-14(19)5-3-13;/h2-5,15,20H,6-12H2,1H3;1H. The first-order valence-corrected chi connectivity index (χ1v) is 9.16. The lowest BCUT2D eigenvalue weighted by atomic mass is 9.74. The normalized spacial score (nSPS) is 23.4. The largest absolute Gasteiger partial charge is 0.381 e. The third kappa shape index (κ3) is 3.62. The molecular formula is C18H24Cl2N4O2. The Labute approximate surface area is 164 Å². The summed E-state index contributed by atoms with van der Waals surface area (Å²) in [7, 11) is 2.10. The van der Waals surface area contributed by atoms with Gasteiger partial charge in [0.1, 0.15) is 0 Å². The summed E-state index contributed by atoms with van der Waals surface area (Å²) in [5.74, 6) is 1.44. The molecule has 0 radical (unpaired) electrons. The topological polar surface area (TPSA) is 63.4 Å². The minimum Gasteiger partial charge on any atom is -0.381 e. The number of ether oxygens (including phenoxy) is 1. The molecule has 0 saturated carbocycles. The van der Waals surface area contributed by atoms with Gasteiger partial charge in [-0.2, -0.15) is 4.98 Å². The molecule has 1 aromatic heterocycles. The number of hydrogen-bond acceptors (Lipinski definition) is 6. The molecule has 0 bridgehead atoms. The molecule has 2 aliphatic rings. The quantitative estimate of drug-likeness (QED) is 0.857. The summed E-state index contributed by atoms with van der Waals surface area (Å²) in [6.45, 7) is 4.18. The SMILES string of the molecule is CN1CCNCC1c1noc(C2(c3ccc(Cl)cc3)CCOCC2)n1.Cl. The van der Waals surface area contributed by atoms with Crippen molar-refractivity contribution in [3.63, 3.8) is 0 Å². The Morgan fingerprint density at radius 2 is 1.96 bits per heavy atom. The zero-order valence-electron chi connectivity index (χ0n) is 14.8. The number of benzene rings is 1. The molecule has 2 saturated heterocycles. The molecule has 4 rings (SSSR count). The molecule has 142 valence electrons.